The number of nitrogens with zero attached hydrogens (tertiary/aromatic N) is 4. The van der Waals surface area contributed by atoms with Gasteiger partial charge in [-0.1, -0.05) is 5.04 Å². The van der Waals surface area contributed by atoms with Crippen LogP contribution in [0.2, 0.25) is 0 Å². The largest absolute Gasteiger partial charge is 0.507 e. The quantitative estimate of drug-likeness (QED) is 0.0175. The number of rotatable bonds is 12. The third-order valence-electron chi connectivity index (χ3n) is 7.26. The first kappa shape index (κ1) is 38.8. The lowest BCUT2D eigenvalue weighted by atomic mass is 10.0. The minimum absolute atomic E-state index is 0.0107. The molecule has 0 radical (unpaired) electrons. The fourth-order valence-electron chi connectivity index (χ4n) is 4.69. The zero-order valence-electron chi connectivity index (χ0n) is 26.6. The fraction of sp³-hybridized carbons (Fsp3) is 0.0345. The van der Waals surface area contributed by atoms with E-state index in [9.17, 15) is 39.5 Å². The van der Waals surface area contributed by atoms with Crippen LogP contribution in [-0.2, 0) is 39.6 Å². The molecule has 0 saturated carbocycles. The van der Waals surface area contributed by atoms with Gasteiger partial charge in [-0.3, -0.25) is 13.8 Å². The van der Waals surface area contributed by atoms with Gasteiger partial charge < -0.3 is 22.3 Å². The number of benzene rings is 5. The number of nitrogens with one attached hydrogen (secondary N) is 1. The zero-order valence-corrected chi connectivity index (χ0v) is 29.9. The minimum Gasteiger partial charge on any atom is -0.507 e. The first-order valence-electron chi connectivity index (χ1n) is 14.2. The van der Waals surface area contributed by atoms with E-state index in [0.717, 1.165) is 18.2 Å². The topological polar surface area (TPSA) is 341 Å². The Morgan fingerprint density at radius 2 is 1.32 bits per heavy atom. The molecule has 11 N–H and O–H groups in total. The molecule has 0 amide bonds. The second-order valence-corrected chi connectivity index (χ2v) is 16.0. The van der Waals surface area contributed by atoms with Gasteiger partial charge in [0.1, 0.15) is 26.9 Å². The Kier molecular flexibility index (Phi) is 10.9. The van der Waals surface area contributed by atoms with Crippen LogP contribution in [0, 0.1) is 6.92 Å². The number of fused-ring (bicyclic) bond motifs is 1. The van der Waals surface area contributed by atoms with E-state index in [1.807, 2.05) is 0 Å². The molecule has 20 nitrogen and oxygen atoms in total. The summed E-state index contributed by atoms with van der Waals surface area (Å²) in [7, 11) is -13.7. The monoisotopic (exact) mass is 806 g/mol. The summed E-state index contributed by atoms with van der Waals surface area (Å²) < 4.78 is 99.8. The number of azo groups is 2. The van der Waals surface area contributed by atoms with E-state index in [1.165, 1.54) is 61.5 Å². The van der Waals surface area contributed by atoms with Crippen molar-refractivity contribution in [3.63, 3.8) is 0 Å². The first-order chi connectivity index (χ1) is 24.8. The summed E-state index contributed by atoms with van der Waals surface area (Å²) in [4.78, 5) is -1.33. The Morgan fingerprint density at radius 1 is 0.736 bits per heavy atom. The van der Waals surface area contributed by atoms with Gasteiger partial charge in [0.25, 0.3) is 30.3 Å². The second-order valence-electron chi connectivity index (χ2n) is 10.8. The molecule has 0 aliphatic rings. The average Bonchev–Trinajstić information content (AvgIpc) is 3.08. The first-order valence-corrected chi connectivity index (χ1v) is 19.3. The Morgan fingerprint density at radius 3 is 1.91 bits per heavy atom. The van der Waals surface area contributed by atoms with Crippen molar-refractivity contribution in [2.45, 2.75) is 26.5 Å². The zero-order chi connectivity index (χ0) is 38.9. The van der Waals surface area contributed by atoms with Crippen molar-refractivity contribution >= 4 is 98.6 Å². The molecule has 0 saturated heterocycles. The van der Waals surface area contributed by atoms with Gasteiger partial charge in [-0.05, 0) is 85.1 Å². The highest BCUT2D eigenvalue weighted by Gasteiger charge is 2.24. The molecule has 5 rings (SSSR count). The van der Waals surface area contributed by atoms with Crippen molar-refractivity contribution in [3.8, 4) is 5.75 Å². The van der Waals surface area contributed by atoms with E-state index in [1.54, 1.807) is 0 Å². The van der Waals surface area contributed by atoms with Crippen LogP contribution < -0.4 is 21.9 Å². The predicted octanol–water partition coefficient (Wildman–Crippen LogP) is 6.15. The number of phenolic OH excluding ortho intramolecular Hbond substituents is 1. The Bertz CT molecular complexity index is 2640. The SMILES string of the molecule is Cc1c(SOOO)cc2cc(S(=O)(=O)O)c(/N=N/c3ccc(S(=O)(=O)Nc4ccc(/N=N/c5cc(S(=O)(=O)O)c(N)cc5N)cc4)cc3)c(N)c2c1O. The maximum Gasteiger partial charge on any atom is 0.296 e. The number of anilines is 4. The van der Waals surface area contributed by atoms with E-state index in [0.29, 0.717) is 12.0 Å². The van der Waals surface area contributed by atoms with Crippen molar-refractivity contribution in [3.05, 3.63) is 78.4 Å². The highest BCUT2D eigenvalue weighted by Crippen LogP contribution is 2.45. The van der Waals surface area contributed by atoms with Gasteiger partial charge in [0.15, 0.2) is 0 Å². The van der Waals surface area contributed by atoms with Crippen LogP contribution in [-0.4, -0.2) is 44.7 Å². The predicted molar refractivity (Wildman–Crippen MR) is 192 cm³/mol. The van der Waals surface area contributed by atoms with Gasteiger partial charge >= 0.3 is 0 Å². The normalized spacial score (nSPS) is 12.6. The molecular formula is C29H26N8O12S4. The van der Waals surface area contributed by atoms with Crippen molar-refractivity contribution in [2.75, 3.05) is 21.9 Å². The summed E-state index contributed by atoms with van der Waals surface area (Å²) >= 11 is 0.505. The summed E-state index contributed by atoms with van der Waals surface area (Å²) in [5, 5.41) is 38.5. The Labute approximate surface area is 304 Å². The third-order valence-corrected chi connectivity index (χ3v) is 11.2. The van der Waals surface area contributed by atoms with Gasteiger partial charge in [0.05, 0.1) is 45.4 Å². The summed E-state index contributed by atoms with van der Waals surface area (Å²) in [5.74, 6) is -0.385. The molecule has 5 aromatic rings. The molecule has 0 aromatic heterocycles. The number of hydrogen-bond donors (Lipinski definition) is 8. The highest BCUT2D eigenvalue weighted by molar-refractivity contribution is 7.94. The highest BCUT2D eigenvalue weighted by atomic mass is 32.2. The Hall–Kier alpha value is -5.44. The molecular weight excluding hydrogens is 781 g/mol. The molecule has 0 unspecified atom stereocenters. The molecule has 0 spiro atoms. The molecule has 0 bridgehead atoms. The summed E-state index contributed by atoms with van der Waals surface area (Å²) in [6, 6.07) is 14.9. The maximum atomic E-state index is 13.1. The number of hydrogen-bond acceptors (Lipinski definition) is 18. The van der Waals surface area contributed by atoms with Crippen LogP contribution >= 0.6 is 12.0 Å². The summed E-state index contributed by atoms with van der Waals surface area (Å²) in [6.45, 7) is 1.48. The lowest BCUT2D eigenvalue weighted by molar-refractivity contribution is -0.432. The third kappa shape index (κ3) is 8.62. The van der Waals surface area contributed by atoms with Crippen molar-refractivity contribution in [1.29, 1.82) is 0 Å². The van der Waals surface area contributed by atoms with Crippen molar-refractivity contribution < 1.29 is 54.1 Å². The molecule has 5 aromatic carbocycles. The summed E-state index contributed by atoms with van der Waals surface area (Å²) in [6.07, 6.45) is 0. The van der Waals surface area contributed by atoms with E-state index < -0.39 is 45.7 Å². The van der Waals surface area contributed by atoms with Crippen LogP contribution in [0.15, 0.2) is 113 Å². The fourth-order valence-corrected chi connectivity index (χ4v) is 7.54. The summed E-state index contributed by atoms with van der Waals surface area (Å²) in [5.41, 5.74) is 17.0. The lowest BCUT2D eigenvalue weighted by Gasteiger charge is -2.14. The van der Waals surface area contributed by atoms with Crippen LogP contribution in [0.5, 0.6) is 5.75 Å². The van der Waals surface area contributed by atoms with Crippen LogP contribution in [0.3, 0.4) is 0 Å². The van der Waals surface area contributed by atoms with Crippen LogP contribution in [0.25, 0.3) is 10.8 Å². The Balaban J connectivity index is 1.35. The lowest BCUT2D eigenvalue weighted by Crippen LogP contribution is -2.12. The van der Waals surface area contributed by atoms with Gasteiger partial charge in [-0.25, -0.2) is 13.7 Å². The molecule has 0 aliphatic carbocycles. The van der Waals surface area contributed by atoms with Crippen molar-refractivity contribution in [1.82, 2.24) is 0 Å². The molecule has 278 valence electrons. The number of aromatic hydroxyl groups is 1. The molecule has 53 heavy (non-hydrogen) atoms. The van der Waals surface area contributed by atoms with Crippen molar-refractivity contribution in [2.24, 2.45) is 20.5 Å². The number of nitrogens with two attached hydrogens (primary N) is 3. The number of sulfonamides is 1. The maximum absolute atomic E-state index is 13.1. The van der Waals surface area contributed by atoms with Gasteiger partial charge in [0.2, 0.25) is 0 Å². The number of phenols is 1. The van der Waals surface area contributed by atoms with E-state index in [2.05, 4.69) is 34.6 Å². The molecule has 0 atom stereocenters. The minimum atomic E-state index is -4.94. The second kappa shape index (κ2) is 14.9. The van der Waals surface area contributed by atoms with Crippen LogP contribution in [0.1, 0.15) is 5.56 Å². The average molecular weight is 807 g/mol. The molecule has 0 aliphatic heterocycles. The molecule has 0 heterocycles. The molecule has 0 fully saturated rings. The van der Waals surface area contributed by atoms with E-state index in [-0.39, 0.29) is 71.7 Å². The van der Waals surface area contributed by atoms with E-state index >= 15 is 0 Å². The van der Waals surface area contributed by atoms with Gasteiger partial charge in [-0.2, -0.15) is 27.1 Å². The smallest absolute Gasteiger partial charge is 0.296 e. The van der Waals surface area contributed by atoms with E-state index in [4.69, 9.17) is 22.5 Å². The molecule has 24 heteroatoms. The number of nitrogen functional groups attached to an aromatic ring is 3. The van der Waals surface area contributed by atoms with Crippen LogP contribution in [0.4, 0.5) is 45.5 Å². The standard InChI is InChI=1S/C29H26N8O12S4/c1-14-23(50-49-48-39)10-15-11-25(53(45,46)47)28(27(32)26(15)29(14)38)36-34-17-6-8-19(9-7-17)51(40,41)37-18-4-2-16(3-5-18)33-35-22-13-24(52(42,43)44)21(31)12-20(22)30/h2-13,37-39H,30-32H2,1H3,(H,42,43,44)(H,45,46,47)/b35-33+,36-34+. The van der Waals surface area contributed by atoms with Gasteiger partial charge in [-0.15, -0.1) is 14.6 Å². The van der Waals surface area contributed by atoms with Gasteiger partial charge in [0, 0.05) is 21.5 Å².